The van der Waals surface area contributed by atoms with E-state index in [-0.39, 0.29) is 22.9 Å². The van der Waals surface area contributed by atoms with Gasteiger partial charge in [-0.05, 0) is 42.5 Å². The van der Waals surface area contributed by atoms with Crippen LogP contribution in [0.4, 0.5) is 10.1 Å². The van der Waals surface area contributed by atoms with Crippen molar-refractivity contribution in [3.05, 3.63) is 63.4 Å². The Morgan fingerprint density at radius 3 is 2.74 bits per heavy atom. The van der Waals surface area contributed by atoms with Crippen LogP contribution in [-0.2, 0) is 15.1 Å². The first-order chi connectivity index (χ1) is 14.9. The zero-order chi connectivity index (χ0) is 21.5. The quantitative estimate of drug-likeness (QED) is 0.731. The fourth-order valence-electron chi connectivity index (χ4n) is 5.93. The molecule has 0 unspecified atom stereocenters. The third-order valence-electron chi connectivity index (χ3n) is 7.32. The number of hydrogen-bond donors (Lipinski definition) is 2. The first kappa shape index (κ1) is 19.5. The summed E-state index contributed by atoms with van der Waals surface area (Å²) in [5.74, 6) is -1.76. The number of anilines is 1. The Hall–Kier alpha value is -2.15. The average molecular weight is 460 g/mol. The second-order valence-electron chi connectivity index (χ2n) is 8.97. The average Bonchev–Trinajstić information content (AvgIpc) is 3.33. The number of nitrogens with one attached hydrogen (secondary N) is 2. The van der Waals surface area contributed by atoms with E-state index in [9.17, 15) is 9.59 Å². The molecular weight excluding hydrogens is 440 g/mol. The summed E-state index contributed by atoms with van der Waals surface area (Å²) in [6.07, 6.45) is 2.19. The summed E-state index contributed by atoms with van der Waals surface area (Å²) in [7, 11) is 0. The third-order valence-corrected chi connectivity index (χ3v) is 7.85. The molecule has 4 aliphatic rings. The molecule has 160 valence electrons. The van der Waals surface area contributed by atoms with Gasteiger partial charge in [0.25, 0.3) is 0 Å². The van der Waals surface area contributed by atoms with E-state index in [1.165, 1.54) is 6.07 Å². The van der Waals surface area contributed by atoms with Gasteiger partial charge < -0.3 is 10.6 Å². The molecule has 0 aromatic heterocycles. The predicted molar refractivity (Wildman–Crippen MR) is 116 cm³/mol. The minimum absolute atomic E-state index is 0.0158. The zero-order valence-corrected chi connectivity index (χ0v) is 18.0. The first-order valence-electron chi connectivity index (χ1n) is 10.5. The molecule has 4 atom stereocenters. The molecular formula is C23H20Cl2FN3O2. The summed E-state index contributed by atoms with van der Waals surface area (Å²) in [4.78, 5) is 29.0. The normalized spacial score (nSPS) is 31.6. The number of likely N-dealkylation sites (tertiary alicyclic amines) is 1. The molecule has 1 spiro atoms. The fourth-order valence-corrected chi connectivity index (χ4v) is 6.28. The van der Waals surface area contributed by atoms with E-state index in [1.54, 1.807) is 24.3 Å². The Balaban J connectivity index is 1.65. The first-order valence-corrected chi connectivity index (χ1v) is 11.3. The van der Waals surface area contributed by atoms with Crippen LogP contribution in [0.2, 0.25) is 10.0 Å². The Kier molecular flexibility index (Phi) is 4.20. The number of hydrogen-bond acceptors (Lipinski definition) is 3. The summed E-state index contributed by atoms with van der Waals surface area (Å²) in [5.41, 5.74) is 0.470. The molecule has 3 heterocycles. The summed E-state index contributed by atoms with van der Waals surface area (Å²) >= 11 is 12.4. The maximum atomic E-state index is 15.4. The number of carbonyl (C=O) groups is 2. The number of carbonyl (C=O) groups excluding carboxylic acids is 2. The Labute approximate surface area is 188 Å². The molecule has 5 nitrogen and oxygen atoms in total. The molecule has 3 aliphatic heterocycles. The van der Waals surface area contributed by atoms with E-state index >= 15 is 4.39 Å². The summed E-state index contributed by atoms with van der Waals surface area (Å²) < 4.78 is 15.4. The van der Waals surface area contributed by atoms with Crippen LogP contribution >= 0.6 is 23.2 Å². The number of fused-ring (bicyclic) bond motifs is 3. The molecule has 2 saturated heterocycles. The molecule has 2 aromatic rings. The van der Waals surface area contributed by atoms with E-state index in [4.69, 9.17) is 23.2 Å². The number of rotatable bonds is 3. The van der Waals surface area contributed by atoms with Crippen molar-refractivity contribution >= 4 is 40.7 Å². The van der Waals surface area contributed by atoms with Gasteiger partial charge in [0.05, 0.1) is 10.9 Å². The lowest BCUT2D eigenvalue weighted by molar-refractivity contribution is -0.128. The summed E-state index contributed by atoms with van der Waals surface area (Å²) in [6.45, 7) is 1.12. The van der Waals surface area contributed by atoms with E-state index in [0.717, 1.165) is 18.4 Å². The van der Waals surface area contributed by atoms with Gasteiger partial charge in [0.1, 0.15) is 11.4 Å². The van der Waals surface area contributed by atoms with Crippen LogP contribution in [0.15, 0.2) is 36.4 Å². The molecule has 0 bridgehead atoms. The molecule has 1 saturated carbocycles. The molecule has 6 rings (SSSR count). The third kappa shape index (κ3) is 2.58. The van der Waals surface area contributed by atoms with Crippen molar-refractivity contribution in [3.8, 4) is 0 Å². The van der Waals surface area contributed by atoms with Crippen LogP contribution in [0.1, 0.15) is 29.9 Å². The summed E-state index contributed by atoms with van der Waals surface area (Å²) in [6, 6.07) is 9.91. The molecule has 31 heavy (non-hydrogen) atoms. The van der Waals surface area contributed by atoms with E-state index in [1.807, 2.05) is 6.07 Å². The van der Waals surface area contributed by atoms with Crippen LogP contribution < -0.4 is 10.6 Å². The Bertz CT molecular complexity index is 1140. The summed E-state index contributed by atoms with van der Waals surface area (Å²) in [5, 5.41) is 6.41. The van der Waals surface area contributed by atoms with Gasteiger partial charge in [0.15, 0.2) is 0 Å². The standard InChI is InChI=1S/C23H20Cl2FN3O2/c24-12-6-7-14-16(8-12)28-22(31)23(14)19(13-2-1-3-15(25)20(13)26)18-17(9-27-21(18)30)29(23)10-11-4-5-11/h1-3,6-8,11,17-19H,4-5,9-10H2,(H,27,30)(H,28,31)/t17-,18+,19-,23+/m0/s1. The minimum Gasteiger partial charge on any atom is -0.354 e. The van der Waals surface area contributed by atoms with Crippen molar-refractivity contribution in [1.29, 1.82) is 0 Å². The van der Waals surface area contributed by atoms with Crippen LogP contribution in [0, 0.1) is 17.7 Å². The molecule has 2 amide bonds. The van der Waals surface area contributed by atoms with Gasteiger partial charge in [-0.25, -0.2) is 4.39 Å². The van der Waals surface area contributed by atoms with Gasteiger partial charge in [-0.2, -0.15) is 0 Å². The molecule has 0 radical (unpaired) electrons. The second kappa shape index (κ2) is 6.67. The highest BCUT2D eigenvalue weighted by atomic mass is 35.5. The Morgan fingerprint density at radius 1 is 1.16 bits per heavy atom. The SMILES string of the molecule is O=C1NC[C@H]2[C@@H]1[C@H](c1cccc(Cl)c1F)[C@]1(C(=O)Nc3cc(Cl)ccc31)N2CC1CC1. The molecule has 1 aliphatic carbocycles. The van der Waals surface area contributed by atoms with Gasteiger partial charge in [-0.1, -0.05) is 41.4 Å². The lowest BCUT2D eigenvalue weighted by Crippen LogP contribution is -2.54. The monoisotopic (exact) mass is 459 g/mol. The number of nitrogens with zero attached hydrogens (tertiary/aromatic N) is 1. The predicted octanol–water partition coefficient (Wildman–Crippen LogP) is 3.90. The van der Waals surface area contributed by atoms with E-state index in [2.05, 4.69) is 15.5 Å². The van der Waals surface area contributed by atoms with Crippen molar-refractivity contribution in [1.82, 2.24) is 10.2 Å². The molecule has 2 N–H and O–H groups in total. The highest BCUT2D eigenvalue weighted by Crippen LogP contribution is 2.61. The van der Waals surface area contributed by atoms with Crippen molar-refractivity contribution < 1.29 is 14.0 Å². The zero-order valence-electron chi connectivity index (χ0n) is 16.5. The van der Waals surface area contributed by atoms with E-state index < -0.39 is 23.2 Å². The molecule has 8 heteroatoms. The van der Waals surface area contributed by atoms with Crippen molar-refractivity contribution in [2.75, 3.05) is 18.4 Å². The second-order valence-corrected chi connectivity index (χ2v) is 9.81. The minimum atomic E-state index is -1.19. The number of halogens is 3. The molecule has 3 fully saturated rings. The smallest absolute Gasteiger partial charge is 0.250 e. The van der Waals surface area contributed by atoms with Gasteiger partial charge in [0.2, 0.25) is 11.8 Å². The van der Waals surface area contributed by atoms with Crippen LogP contribution in [-0.4, -0.2) is 35.8 Å². The molecule has 2 aromatic carbocycles. The maximum absolute atomic E-state index is 15.4. The fraction of sp³-hybridized carbons (Fsp3) is 0.391. The van der Waals surface area contributed by atoms with Crippen LogP contribution in [0.5, 0.6) is 0 Å². The van der Waals surface area contributed by atoms with Crippen molar-refractivity contribution in [2.45, 2.75) is 30.3 Å². The number of benzene rings is 2. The highest BCUT2D eigenvalue weighted by molar-refractivity contribution is 6.31. The largest absolute Gasteiger partial charge is 0.354 e. The van der Waals surface area contributed by atoms with Gasteiger partial charge >= 0.3 is 0 Å². The topological polar surface area (TPSA) is 61.4 Å². The van der Waals surface area contributed by atoms with Gasteiger partial charge in [-0.3, -0.25) is 14.5 Å². The van der Waals surface area contributed by atoms with Gasteiger partial charge in [-0.15, -0.1) is 0 Å². The van der Waals surface area contributed by atoms with Crippen LogP contribution in [0.25, 0.3) is 0 Å². The lowest BCUT2D eigenvalue weighted by Gasteiger charge is -2.40. The van der Waals surface area contributed by atoms with E-state index in [0.29, 0.717) is 35.3 Å². The van der Waals surface area contributed by atoms with Gasteiger partial charge in [0, 0.05) is 41.3 Å². The highest BCUT2D eigenvalue weighted by Gasteiger charge is 2.70. The Morgan fingerprint density at radius 2 is 1.97 bits per heavy atom. The number of amides is 2. The lowest BCUT2D eigenvalue weighted by atomic mass is 9.71. The van der Waals surface area contributed by atoms with Crippen molar-refractivity contribution in [3.63, 3.8) is 0 Å². The van der Waals surface area contributed by atoms with Crippen LogP contribution in [0.3, 0.4) is 0 Å². The van der Waals surface area contributed by atoms with Crippen molar-refractivity contribution in [2.24, 2.45) is 11.8 Å². The maximum Gasteiger partial charge on any atom is 0.250 e.